The Morgan fingerprint density at radius 3 is 2.39 bits per heavy atom. The van der Waals surface area contributed by atoms with E-state index in [9.17, 15) is 22.8 Å². The minimum Gasteiger partial charge on any atom is -0.344 e. The minimum atomic E-state index is -1.39. The van der Waals surface area contributed by atoms with Gasteiger partial charge in [-0.1, -0.05) is 6.07 Å². The molecule has 2 amide bonds. The number of nitrogens with zero attached hydrogens (tertiary/aromatic N) is 1. The maximum absolute atomic E-state index is 13.4. The number of carbonyl (C=O) groups is 2. The molecule has 8 heteroatoms. The molecule has 0 fully saturated rings. The number of aromatic nitrogens is 1. The number of amides is 2. The summed E-state index contributed by atoms with van der Waals surface area (Å²) in [5.74, 6) is -6.16. The van der Waals surface area contributed by atoms with E-state index in [1.807, 2.05) is 5.32 Å². The van der Waals surface area contributed by atoms with Gasteiger partial charge in [0.05, 0.1) is 5.69 Å². The summed E-state index contributed by atoms with van der Waals surface area (Å²) < 4.78 is 39.2. The van der Waals surface area contributed by atoms with Crippen molar-refractivity contribution in [1.82, 2.24) is 10.3 Å². The van der Waals surface area contributed by atoms with E-state index in [-0.39, 0.29) is 12.6 Å². The van der Waals surface area contributed by atoms with Crippen LogP contribution in [-0.4, -0.2) is 16.8 Å². The normalized spacial score (nSPS) is 10.3. The maximum atomic E-state index is 13.4. The van der Waals surface area contributed by atoms with Crippen LogP contribution >= 0.6 is 0 Å². The lowest BCUT2D eigenvalue weighted by Gasteiger charge is -2.08. The molecule has 0 bridgehead atoms. The SMILES string of the molecule is Cc1ccc(CNC(=O)C(=O)Nc2cc(F)c(F)cc2F)cn1. The predicted molar refractivity (Wildman–Crippen MR) is 75.8 cm³/mol. The van der Waals surface area contributed by atoms with Crippen molar-refractivity contribution >= 4 is 17.5 Å². The monoisotopic (exact) mass is 323 g/mol. The first-order valence-electron chi connectivity index (χ1n) is 6.52. The quantitative estimate of drug-likeness (QED) is 0.671. The highest BCUT2D eigenvalue weighted by molar-refractivity contribution is 6.39. The fourth-order valence-corrected chi connectivity index (χ4v) is 1.66. The van der Waals surface area contributed by atoms with E-state index in [1.54, 1.807) is 19.1 Å². The van der Waals surface area contributed by atoms with Gasteiger partial charge in [0.1, 0.15) is 5.82 Å². The van der Waals surface area contributed by atoms with Gasteiger partial charge in [-0.3, -0.25) is 14.6 Å². The molecule has 2 rings (SSSR count). The molecule has 0 saturated heterocycles. The molecule has 2 N–H and O–H groups in total. The molecule has 0 aliphatic carbocycles. The van der Waals surface area contributed by atoms with Crippen molar-refractivity contribution in [2.75, 3.05) is 5.32 Å². The van der Waals surface area contributed by atoms with Gasteiger partial charge in [0.25, 0.3) is 0 Å². The molecule has 5 nitrogen and oxygen atoms in total. The molecular formula is C15H12F3N3O2. The van der Waals surface area contributed by atoms with Crippen molar-refractivity contribution in [2.45, 2.75) is 13.5 Å². The Kier molecular flexibility index (Phi) is 4.95. The maximum Gasteiger partial charge on any atom is 0.313 e. The molecule has 1 heterocycles. The zero-order valence-corrected chi connectivity index (χ0v) is 12.0. The van der Waals surface area contributed by atoms with Gasteiger partial charge >= 0.3 is 11.8 Å². The molecule has 0 aliphatic rings. The molecule has 0 unspecified atom stereocenters. The number of aryl methyl sites for hydroxylation is 1. The fourth-order valence-electron chi connectivity index (χ4n) is 1.66. The number of carbonyl (C=O) groups excluding carboxylic acids is 2. The van der Waals surface area contributed by atoms with Crippen LogP contribution < -0.4 is 10.6 Å². The second kappa shape index (κ2) is 6.91. The van der Waals surface area contributed by atoms with E-state index < -0.39 is 35.0 Å². The molecule has 0 atom stereocenters. The van der Waals surface area contributed by atoms with Gasteiger partial charge < -0.3 is 10.6 Å². The van der Waals surface area contributed by atoms with Crippen molar-refractivity contribution in [1.29, 1.82) is 0 Å². The largest absolute Gasteiger partial charge is 0.344 e. The summed E-state index contributed by atoms with van der Waals surface area (Å²) in [6, 6.07) is 4.19. The Morgan fingerprint density at radius 1 is 1.04 bits per heavy atom. The Morgan fingerprint density at radius 2 is 1.74 bits per heavy atom. The van der Waals surface area contributed by atoms with Gasteiger partial charge in [0, 0.05) is 30.6 Å². The molecule has 0 spiro atoms. The van der Waals surface area contributed by atoms with Crippen LogP contribution in [0.25, 0.3) is 0 Å². The predicted octanol–water partition coefficient (Wildman–Crippen LogP) is 2.06. The first kappa shape index (κ1) is 16.5. The van der Waals surface area contributed by atoms with Gasteiger partial charge in [0.2, 0.25) is 0 Å². The molecule has 0 aliphatic heterocycles. The molecular weight excluding hydrogens is 311 g/mol. The number of hydrogen-bond acceptors (Lipinski definition) is 3. The zero-order valence-electron chi connectivity index (χ0n) is 12.0. The number of pyridine rings is 1. The van der Waals surface area contributed by atoms with E-state index in [4.69, 9.17) is 0 Å². The van der Waals surface area contributed by atoms with Crippen LogP contribution in [0.2, 0.25) is 0 Å². The lowest BCUT2D eigenvalue weighted by molar-refractivity contribution is -0.136. The topological polar surface area (TPSA) is 71.1 Å². The summed E-state index contributed by atoms with van der Waals surface area (Å²) in [5, 5.41) is 4.18. The van der Waals surface area contributed by atoms with Crippen molar-refractivity contribution in [3.8, 4) is 0 Å². The van der Waals surface area contributed by atoms with Gasteiger partial charge in [-0.15, -0.1) is 0 Å². The van der Waals surface area contributed by atoms with Crippen LogP contribution in [0.5, 0.6) is 0 Å². The van der Waals surface area contributed by atoms with E-state index in [0.29, 0.717) is 11.6 Å². The first-order chi connectivity index (χ1) is 10.9. The van der Waals surface area contributed by atoms with Crippen LogP contribution in [0.1, 0.15) is 11.3 Å². The molecule has 120 valence electrons. The summed E-state index contributed by atoms with van der Waals surface area (Å²) >= 11 is 0. The second-order valence-electron chi connectivity index (χ2n) is 4.69. The third-order valence-corrected chi connectivity index (χ3v) is 2.89. The van der Waals surface area contributed by atoms with Crippen LogP contribution in [0, 0.1) is 24.4 Å². The third-order valence-electron chi connectivity index (χ3n) is 2.89. The first-order valence-corrected chi connectivity index (χ1v) is 6.52. The fraction of sp³-hybridized carbons (Fsp3) is 0.133. The summed E-state index contributed by atoms with van der Waals surface area (Å²) in [7, 11) is 0. The van der Waals surface area contributed by atoms with Crippen LogP contribution in [0.15, 0.2) is 30.5 Å². The third kappa shape index (κ3) is 4.29. The Bertz CT molecular complexity index is 748. The highest BCUT2D eigenvalue weighted by atomic mass is 19.2. The summed E-state index contributed by atoms with van der Waals surface area (Å²) in [4.78, 5) is 27.3. The molecule has 2 aromatic rings. The Labute approximate surface area is 129 Å². The van der Waals surface area contributed by atoms with E-state index in [0.717, 1.165) is 5.69 Å². The van der Waals surface area contributed by atoms with Gasteiger partial charge in [-0.05, 0) is 18.6 Å². The van der Waals surface area contributed by atoms with E-state index in [1.165, 1.54) is 6.20 Å². The lowest BCUT2D eigenvalue weighted by atomic mass is 10.2. The van der Waals surface area contributed by atoms with Gasteiger partial charge in [0.15, 0.2) is 11.6 Å². The van der Waals surface area contributed by atoms with Crippen LogP contribution in [-0.2, 0) is 16.1 Å². The number of nitrogens with one attached hydrogen (secondary N) is 2. The molecule has 1 aromatic heterocycles. The van der Waals surface area contributed by atoms with Gasteiger partial charge in [-0.2, -0.15) is 0 Å². The number of halogens is 3. The van der Waals surface area contributed by atoms with Crippen LogP contribution in [0.3, 0.4) is 0 Å². The van der Waals surface area contributed by atoms with E-state index >= 15 is 0 Å². The number of rotatable bonds is 3. The summed E-state index contributed by atoms with van der Waals surface area (Å²) in [5.41, 5.74) is 0.837. The molecule has 0 saturated carbocycles. The molecule has 1 aromatic carbocycles. The highest BCUT2D eigenvalue weighted by Gasteiger charge is 2.17. The zero-order chi connectivity index (χ0) is 17.0. The molecule has 0 radical (unpaired) electrons. The van der Waals surface area contributed by atoms with E-state index in [2.05, 4.69) is 10.3 Å². The minimum absolute atomic E-state index is 0.0415. The summed E-state index contributed by atoms with van der Waals surface area (Å²) in [6.07, 6.45) is 1.53. The average molecular weight is 323 g/mol. The Balaban J connectivity index is 1.96. The summed E-state index contributed by atoms with van der Waals surface area (Å²) in [6.45, 7) is 1.84. The number of hydrogen-bond donors (Lipinski definition) is 2. The molecule has 23 heavy (non-hydrogen) atoms. The standard InChI is InChI=1S/C15H12F3N3O2/c1-8-2-3-9(6-19-8)7-20-14(22)15(23)21-13-5-11(17)10(16)4-12(13)18/h2-6H,7H2,1H3,(H,20,22)(H,21,23). The average Bonchev–Trinajstić information content (AvgIpc) is 2.51. The second-order valence-corrected chi connectivity index (χ2v) is 4.69. The van der Waals surface area contributed by atoms with Crippen molar-refractivity contribution in [2.24, 2.45) is 0 Å². The number of anilines is 1. The lowest BCUT2D eigenvalue weighted by Crippen LogP contribution is -2.35. The number of benzene rings is 1. The van der Waals surface area contributed by atoms with Crippen molar-refractivity contribution < 1.29 is 22.8 Å². The van der Waals surface area contributed by atoms with Crippen molar-refractivity contribution in [3.05, 3.63) is 59.2 Å². The van der Waals surface area contributed by atoms with Gasteiger partial charge in [-0.25, -0.2) is 13.2 Å². The smallest absolute Gasteiger partial charge is 0.313 e. The van der Waals surface area contributed by atoms with Crippen molar-refractivity contribution in [3.63, 3.8) is 0 Å². The highest BCUT2D eigenvalue weighted by Crippen LogP contribution is 2.18. The Hall–Kier alpha value is -2.90. The van der Waals surface area contributed by atoms with Crippen LogP contribution in [0.4, 0.5) is 18.9 Å².